The van der Waals surface area contributed by atoms with Gasteiger partial charge in [0.1, 0.15) is 10.7 Å². The summed E-state index contributed by atoms with van der Waals surface area (Å²) in [5.41, 5.74) is 2.07. The summed E-state index contributed by atoms with van der Waals surface area (Å²) in [4.78, 5) is 49.5. The van der Waals surface area contributed by atoms with E-state index in [2.05, 4.69) is 14.9 Å². The van der Waals surface area contributed by atoms with Gasteiger partial charge in [-0.05, 0) is 43.4 Å². The average molecular weight is 468 g/mol. The summed E-state index contributed by atoms with van der Waals surface area (Å²) >= 11 is 1.62. The van der Waals surface area contributed by atoms with Crippen molar-refractivity contribution in [2.24, 2.45) is 0 Å². The number of hydrogen-bond acceptors (Lipinski definition) is 7. The van der Waals surface area contributed by atoms with E-state index in [0.717, 1.165) is 41.6 Å². The molecule has 9 nitrogen and oxygen atoms in total. The van der Waals surface area contributed by atoms with Gasteiger partial charge in [0.25, 0.3) is 11.2 Å². The summed E-state index contributed by atoms with van der Waals surface area (Å²) in [5.74, 6) is 0.621. The van der Waals surface area contributed by atoms with Crippen LogP contribution in [0.15, 0.2) is 29.1 Å². The van der Waals surface area contributed by atoms with E-state index in [1.165, 1.54) is 22.6 Å². The predicted octanol–water partition coefficient (Wildman–Crippen LogP) is 3.05. The molecular weight excluding hydrogens is 442 g/mol. The van der Waals surface area contributed by atoms with Gasteiger partial charge >= 0.3 is 0 Å². The van der Waals surface area contributed by atoms with Crippen LogP contribution in [0.1, 0.15) is 35.5 Å². The van der Waals surface area contributed by atoms with Crippen molar-refractivity contribution in [3.8, 4) is 0 Å². The Kier molecular flexibility index (Phi) is 5.84. The van der Waals surface area contributed by atoms with Gasteiger partial charge in [0.15, 0.2) is 0 Å². The molecule has 0 spiro atoms. The fourth-order valence-electron chi connectivity index (χ4n) is 4.71. The third-order valence-electron chi connectivity index (χ3n) is 6.51. The van der Waals surface area contributed by atoms with Gasteiger partial charge in [-0.3, -0.25) is 19.7 Å². The Hall–Kier alpha value is -3.27. The molecular formula is C23H25N5O4S. The number of nitro benzene ring substituents is 1. The molecule has 0 radical (unpaired) electrons. The lowest BCUT2D eigenvalue weighted by molar-refractivity contribution is -0.384. The average Bonchev–Trinajstić information content (AvgIpc) is 3.21. The van der Waals surface area contributed by atoms with Crippen molar-refractivity contribution in [3.63, 3.8) is 0 Å². The number of aryl methyl sites for hydroxylation is 3. The number of rotatable bonds is 5. The van der Waals surface area contributed by atoms with Crippen molar-refractivity contribution in [2.75, 3.05) is 31.1 Å². The maximum absolute atomic E-state index is 12.8. The molecule has 3 heterocycles. The number of H-pyrrole nitrogens is 1. The standard InChI is InChI=1S/C23H25N5O4S/c29-20(27-13-11-26(12-14-27)15-5-7-16(8-6-15)28(31)32)10-9-19-24-22(30)21-17-3-1-2-4-18(17)33-23(21)25-19/h5-8H,1-4,9-14H2,(H,24,25,30). The van der Waals surface area contributed by atoms with Crippen LogP contribution in [0.2, 0.25) is 0 Å². The molecule has 1 aliphatic carbocycles. The molecule has 2 aromatic heterocycles. The molecule has 0 atom stereocenters. The highest BCUT2D eigenvalue weighted by Crippen LogP contribution is 2.33. The zero-order chi connectivity index (χ0) is 22.9. The number of carbonyl (C=O) groups excluding carboxylic acids is 1. The molecule has 1 saturated heterocycles. The number of benzene rings is 1. The molecule has 1 aromatic carbocycles. The summed E-state index contributed by atoms with van der Waals surface area (Å²) in [5, 5.41) is 11.6. The van der Waals surface area contributed by atoms with Crippen LogP contribution in [0, 0.1) is 10.1 Å². The SMILES string of the molecule is O=C(CCc1nc2sc3c(c2c(=O)[nH]1)CCCC3)N1CCN(c2ccc([N+](=O)[O-])cc2)CC1. The number of nitrogens with zero attached hydrogens (tertiary/aromatic N) is 4. The fraction of sp³-hybridized carbons (Fsp3) is 0.435. The van der Waals surface area contributed by atoms with E-state index in [4.69, 9.17) is 0 Å². The van der Waals surface area contributed by atoms with Crippen molar-refractivity contribution in [1.29, 1.82) is 0 Å². The van der Waals surface area contributed by atoms with Crippen molar-refractivity contribution >= 4 is 38.8 Å². The minimum absolute atomic E-state index is 0.0477. The molecule has 3 aromatic rings. The first-order chi connectivity index (χ1) is 16.0. The van der Waals surface area contributed by atoms with E-state index in [9.17, 15) is 19.7 Å². The molecule has 0 saturated carbocycles. The first kappa shape index (κ1) is 21.6. The zero-order valence-electron chi connectivity index (χ0n) is 18.2. The number of thiophene rings is 1. The Morgan fingerprint density at radius 2 is 1.85 bits per heavy atom. The number of aromatic nitrogens is 2. The summed E-state index contributed by atoms with van der Waals surface area (Å²) in [6.07, 6.45) is 4.97. The van der Waals surface area contributed by atoms with Crippen molar-refractivity contribution in [2.45, 2.75) is 38.5 Å². The Bertz CT molecular complexity index is 1260. The Balaban J connectivity index is 1.18. The molecule has 1 aliphatic heterocycles. The molecule has 0 unspecified atom stereocenters. The smallest absolute Gasteiger partial charge is 0.269 e. The van der Waals surface area contributed by atoms with Crippen molar-refractivity contribution in [3.05, 3.63) is 61.0 Å². The second kappa shape index (κ2) is 8.93. The van der Waals surface area contributed by atoms with Crippen LogP contribution in [0.3, 0.4) is 0 Å². The van der Waals surface area contributed by atoms with E-state index in [-0.39, 0.29) is 17.2 Å². The summed E-state index contributed by atoms with van der Waals surface area (Å²) in [6, 6.07) is 6.50. The molecule has 1 fully saturated rings. The Labute approximate surface area is 194 Å². The Morgan fingerprint density at radius 1 is 1.12 bits per heavy atom. The quantitative estimate of drug-likeness (QED) is 0.456. The maximum Gasteiger partial charge on any atom is 0.269 e. The van der Waals surface area contributed by atoms with Gasteiger partial charge in [0, 0.05) is 61.7 Å². The van der Waals surface area contributed by atoms with Gasteiger partial charge in [-0.15, -0.1) is 11.3 Å². The molecule has 2 aliphatic rings. The lowest BCUT2D eigenvalue weighted by Gasteiger charge is -2.36. The minimum Gasteiger partial charge on any atom is -0.368 e. The van der Waals surface area contributed by atoms with Crippen LogP contribution >= 0.6 is 11.3 Å². The van der Waals surface area contributed by atoms with Gasteiger partial charge in [-0.1, -0.05) is 0 Å². The highest BCUT2D eigenvalue weighted by atomic mass is 32.1. The van der Waals surface area contributed by atoms with E-state index in [1.807, 2.05) is 4.90 Å². The summed E-state index contributed by atoms with van der Waals surface area (Å²) in [6.45, 7) is 2.53. The number of fused-ring (bicyclic) bond motifs is 3. The maximum atomic E-state index is 12.8. The number of non-ortho nitro benzene ring substituents is 1. The van der Waals surface area contributed by atoms with Crippen molar-refractivity contribution in [1.82, 2.24) is 14.9 Å². The fourth-order valence-corrected chi connectivity index (χ4v) is 5.99. The van der Waals surface area contributed by atoms with Crippen LogP contribution < -0.4 is 10.5 Å². The van der Waals surface area contributed by atoms with Gasteiger partial charge in [-0.25, -0.2) is 4.98 Å². The van der Waals surface area contributed by atoms with E-state index < -0.39 is 4.92 Å². The Morgan fingerprint density at radius 3 is 2.58 bits per heavy atom. The van der Waals surface area contributed by atoms with Crippen LogP contribution in [0.4, 0.5) is 11.4 Å². The second-order valence-electron chi connectivity index (χ2n) is 8.55. The topological polar surface area (TPSA) is 112 Å². The minimum atomic E-state index is -0.410. The number of carbonyl (C=O) groups is 1. The number of nitro groups is 1. The third-order valence-corrected chi connectivity index (χ3v) is 7.69. The van der Waals surface area contributed by atoms with Crippen LogP contribution in [-0.2, 0) is 24.1 Å². The largest absolute Gasteiger partial charge is 0.368 e. The van der Waals surface area contributed by atoms with E-state index >= 15 is 0 Å². The number of hydrogen-bond donors (Lipinski definition) is 1. The highest BCUT2D eigenvalue weighted by molar-refractivity contribution is 7.18. The second-order valence-corrected chi connectivity index (χ2v) is 9.63. The third kappa shape index (κ3) is 4.35. The number of nitrogens with one attached hydrogen (secondary N) is 1. The van der Waals surface area contributed by atoms with Gasteiger partial charge in [0.05, 0.1) is 10.3 Å². The lowest BCUT2D eigenvalue weighted by atomic mass is 9.97. The molecule has 0 bridgehead atoms. The molecule has 10 heteroatoms. The monoisotopic (exact) mass is 467 g/mol. The molecule has 33 heavy (non-hydrogen) atoms. The first-order valence-electron chi connectivity index (χ1n) is 11.3. The van der Waals surface area contributed by atoms with Gasteiger partial charge in [-0.2, -0.15) is 0 Å². The molecule has 1 amide bonds. The number of anilines is 1. The number of amides is 1. The van der Waals surface area contributed by atoms with Crippen LogP contribution in [0.25, 0.3) is 10.2 Å². The lowest BCUT2D eigenvalue weighted by Crippen LogP contribution is -2.48. The first-order valence-corrected chi connectivity index (χ1v) is 12.1. The van der Waals surface area contributed by atoms with Gasteiger partial charge < -0.3 is 14.8 Å². The number of piperazine rings is 1. The van der Waals surface area contributed by atoms with E-state index in [1.54, 1.807) is 23.5 Å². The summed E-state index contributed by atoms with van der Waals surface area (Å²) < 4.78 is 0. The predicted molar refractivity (Wildman–Crippen MR) is 127 cm³/mol. The summed E-state index contributed by atoms with van der Waals surface area (Å²) in [7, 11) is 0. The van der Waals surface area contributed by atoms with Crippen molar-refractivity contribution < 1.29 is 9.72 Å². The van der Waals surface area contributed by atoms with E-state index in [0.29, 0.717) is 44.8 Å². The molecule has 1 N–H and O–H groups in total. The van der Waals surface area contributed by atoms with Crippen LogP contribution in [-0.4, -0.2) is 51.9 Å². The number of aromatic amines is 1. The highest BCUT2D eigenvalue weighted by Gasteiger charge is 2.23. The zero-order valence-corrected chi connectivity index (χ0v) is 19.0. The van der Waals surface area contributed by atoms with Gasteiger partial charge in [0.2, 0.25) is 5.91 Å². The molecule has 5 rings (SSSR count). The normalized spacial score (nSPS) is 16.1. The molecule has 172 valence electrons. The van der Waals surface area contributed by atoms with Crippen LogP contribution in [0.5, 0.6) is 0 Å².